The summed E-state index contributed by atoms with van der Waals surface area (Å²) in [6.45, 7) is 8.89. The second kappa shape index (κ2) is 9.58. The number of pyridine rings is 2. The van der Waals surface area contributed by atoms with Crippen molar-refractivity contribution in [1.82, 2.24) is 19.8 Å². The number of aromatic hydroxyl groups is 1. The van der Waals surface area contributed by atoms with Crippen molar-refractivity contribution in [2.75, 3.05) is 19.6 Å². The Morgan fingerprint density at radius 1 is 1.16 bits per heavy atom. The number of nitrogens with zero attached hydrogens (tertiary/aromatic N) is 3. The number of morpholine rings is 1. The van der Waals surface area contributed by atoms with Crippen molar-refractivity contribution in [3.63, 3.8) is 0 Å². The molecule has 0 bridgehead atoms. The van der Waals surface area contributed by atoms with Gasteiger partial charge in [-0.2, -0.15) is 0 Å². The summed E-state index contributed by atoms with van der Waals surface area (Å²) >= 11 is 0. The van der Waals surface area contributed by atoms with Crippen LogP contribution in [0.15, 0.2) is 23.1 Å². The number of hydrogen-bond acceptors (Lipinski definition) is 6. The van der Waals surface area contributed by atoms with Crippen LogP contribution in [0.2, 0.25) is 0 Å². The summed E-state index contributed by atoms with van der Waals surface area (Å²) in [5.74, 6) is -0.129. The summed E-state index contributed by atoms with van der Waals surface area (Å²) in [4.78, 5) is 33.1. The molecule has 174 valence electrons. The summed E-state index contributed by atoms with van der Waals surface area (Å²) in [5.41, 5.74) is -0.287. The predicted molar refractivity (Wildman–Crippen MR) is 123 cm³/mol. The van der Waals surface area contributed by atoms with Crippen molar-refractivity contribution in [2.24, 2.45) is 5.92 Å². The Morgan fingerprint density at radius 2 is 1.84 bits per heavy atom. The first-order valence-electron chi connectivity index (χ1n) is 11.7. The molecule has 2 aromatic heterocycles. The van der Waals surface area contributed by atoms with Crippen LogP contribution in [0.25, 0.3) is 11.0 Å². The van der Waals surface area contributed by atoms with Gasteiger partial charge in [0.25, 0.3) is 11.5 Å². The van der Waals surface area contributed by atoms with Gasteiger partial charge < -0.3 is 15.2 Å². The van der Waals surface area contributed by atoms with Crippen molar-refractivity contribution in [3.8, 4) is 5.75 Å². The number of carbonyl (C=O) groups excluding carboxylic acids is 1. The van der Waals surface area contributed by atoms with Crippen molar-refractivity contribution in [1.29, 1.82) is 0 Å². The van der Waals surface area contributed by atoms with Crippen molar-refractivity contribution in [3.05, 3.63) is 34.2 Å². The Labute approximate surface area is 188 Å². The third-order valence-electron chi connectivity index (χ3n) is 6.71. The lowest BCUT2D eigenvalue weighted by atomic mass is 9.87. The van der Waals surface area contributed by atoms with Crippen LogP contribution in [-0.4, -0.2) is 63.3 Å². The fourth-order valence-electron chi connectivity index (χ4n) is 5.05. The highest BCUT2D eigenvalue weighted by molar-refractivity contribution is 6.01. The monoisotopic (exact) mass is 442 g/mol. The predicted octanol–water partition coefficient (Wildman–Crippen LogP) is 2.52. The van der Waals surface area contributed by atoms with Gasteiger partial charge in [0.1, 0.15) is 17.0 Å². The number of fused-ring (bicyclic) bond motifs is 1. The zero-order chi connectivity index (χ0) is 22.8. The Kier molecular flexibility index (Phi) is 6.81. The lowest BCUT2D eigenvalue weighted by Gasteiger charge is -2.35. The van der Waals surface area contributed by atoms with Gasteiger partial charge in [-0.25, -0.2) is 4.98 Å². The number of aromatic nitrogens is 2. The van der Waals surface area contributed by atoms with Crippen LogP contribution < -0.4 is 10.9 Å². The maximum Gasteiger partial charge on any atom is 0.268 e. The normalized spacial score (nSPS) is 26.8. The van der Waals surface area contributed by atoms with Crippen LogP contribution >= 0.6 is 0 Å². The van der Waals surface area contributed by atoms with E-state index in [-0.39, 0.29) is 29.6 Å². The summed E-state index contributed by atoms with van der Waals surface area (Å²) in [5, 5.41) is 14.2. The van der Waals surface area contributed by atoms with E-state index in [4.69, 9.17) is 4.74 Å². The van der Waals surface area contributed by atoms with Crippen molar-refractivity contribution >= 4 is 16.9 Å². The molecule has 1 aliphatic heterocycles. The highest BCUT2D eigenvalue weighted by Crippen LogP contribution is 2.27. The lowest BCUT2D eigenvalue weighted by molar-refractivity contribution is -0.0685. The Bertz CT molecular complexity index is 1020. The van der Waals surface area contributed by atoms with Gasteiger partial charge in [0.05, 0.1) is 17.6 Å². The van der Waals surface area contributed by atoms with Crippen LogP contribution in [0.1, 0.15) is 56.8 Å². The summed E-state index contributed by atoms with van der Waals surface area (Å²) in [7, 11) is 0. The molecule has 2 aromatic rings. The van der Waals surface area contributed by atoms with E-state index in [1.54, 1.807) is 18.3 Å². The number of rotatable bonds is 5. The second-order valence-electron chi connectivity index (χ2n) is 9.50. The second-order valence-corrected chi connectivity index (χ2v) is 9.50. The van der Waals surface area contributed by atoms with Crippen LogP contribution in [0.5, 0.6) is 5.75 Å². The largest absolute Gasteiger partial charge is 0.506 e. The fourth-order valence-corrected chi connectivity index (χ4v) is 5.05. The summed E-state index contributed by atoms with van der Waals surface area (Å²) in [6, 6.07) is 3.43. The number of carbonyl (C=O) groups is 1. The minimum Gasteiger partial charge on any atom is -0.506 e. The van der Waals surface area contributed by atoms with Gasteiger partial charge in [-0.15, -0.1) is 0 Å². The first kappa shape index (κ1) is 22.7. The van der Waals surface area contributed by atoms with Crippen LogP contribution in [-0.2, 0) is 11.3 Å². The van der Waals surface area contributed by atoms with Crippen LogP contribution in [0.3, 0.4) is 0 Å². The number of amides is 1. The molecule has 2 fully saturated rings. The van der Waals surface area contributed by atoms with Gasteiger partial charge >= 0.3 is 0 Å². The molecule has 2 atom stereocenters. The zero-order valence-corrected chi connectivity index (χ0v) is 19.2. The summed E-state index contributed by atoms with van der Waals surface area (Å²) < 4.78 is 7.32. The van der Waals surface area contributed by atoms with Crippen molar-refractivity contribution < 1.29 is 14.6 Å². The highest BCUT2D eigenvalue weighted by Gasteiger charge is 2.27. The molecule has 0 aromatic carbocycles. The van der Waals surface area contributed by atoms with E-state index < -0.39 is 11.5 Å². The molecule has 2 N–H and O–H groups in total. The first-order valence-corrected chi connectivity index (χ1v) is 11.7. The molecule has 3 heterocycles. The molecular formula is C24H34N4O4. The maximum atomic E-state index is 13.4. The minimum absolute atomic E-state index is 0.0341. The molecule has 1 saturated carbocycles. The van der Waals surface area contributed by atoms with E-state index in [9.17, 15) is 14.7 Å². The molecular weight excluding hydrogens is 408 g/mol. The van der Waals surface area contributed by atoms with Gasteiger partial charge in [-0.1, -0.05) is 6.92 Å². The quantitative estimate of drug-likeness (QED) is 0.739. The van der Waals surface area contributed by atoms with Crippen LogP contribution in [0.4, 0.5) is 0 Å². The molecule has 2 aliphatic rings. The average molecular weight is 443 g/mol. The molecule has 0 radical (unpaired) electrons. The number of nitrogens with one attached hydrogen (secondary N) is 1. The van der Waals surface area contributed by atoms with Crippen molar-refractivity contribution in [2.45, 2.75) is 71.2 Å². The molecule has 0 spiro atoms. The summed E-state index contributed by atoms with van der Waals surface area (Å²) in [6.07, 6.45) is 5.75. The van der Waals surface area contributed by atoms with Gasteiger partial charge in [0.15, 0.2) is 0 Å². The van der Waals surface area contributed by atoms with E-state index in [0.717, 1.165) is 38.8 Å². The van der Waals surface area contributed by atoms with Gasteiger partial charge in [-0.05, 0) is 57.6 Å². The minimum atomic E-state index is -0.500. The standard InChI is InChI=1S/C24H34N4O4/c1-15-6-8-18(9-7-15)26-23(30)20-21(29)19-5-4-10-25-22(19)28(24(20)31)12-11-27-13-16(2)32-17(3)14-27/h4-5,10,15-18,29H,6-9,11-14H2,1-3H3,(H,26,30)/t15?,16-,17-,18?/m1/s1. The first-order chi connectivity index (χ1) is 15.3. The molecule has 4 rings (SSSR count). The van der Waals surface area contributed by atoms with E-state index >= 15 is 0 Å². The maximum absolute atomic E-state index is 13.4. The molecule has 32 heavy (non-hydrogen) atoms. The van der Waals surface area contributed by atoms with Gasteiger partial charge in [0, 0.05) is 38.4 Å². The molecule has 1 saturated heterocycles. The lowest BCUT2D eigenvalue weighted by Crippen LogP contribution is -2.47. The molecule has 8 heteroatoms. The topological polar surface area (TPSA) is 96.7 Å². The molecule has 1 aliphatic carbocycles. The third-order valence-corrected chi connectivity index (χ3v) is 6.71. The van der Waals surface area contributed by atoms with E-state index in [1.807, 2.05) is 13.8 Å². The molecule has 1 amide bonds. The zero-order valence-electron chi connectivity index (χ0n) is 19.2. The van der Waals surface area contributed by atoms with Gasteiger partial charge in [-0.3, -0.25) is 19.1 Å². The Balaban J connectivity index is 1.62. The Morgan fingerprint density at radius 3 is 2.53 bits per heavy atom. The van der Waals surface area contributed by atoms with E-state index in [2.05, 4.69) is 22.1 Å². The fraction of sp³-hybridized carbons (Fsp3) is 0.625. The van der Waals surface area contributed by atoms with E-state index in [0.29, 0.717) is 30.0 Å². The van der Waals surface area contributed by atoms with Gasteiger partial charge in [0.2, 0.25) is 0 Å². The smallest absolute Gasteiger partial charge is 0.268 e. The molecule has 8 nitrogen and oxygen atoms in total. The van der Waals surface area contributed by atoms with E-state index in [1.165, 1.54) is 4.57 Å². The number of ether oxygens (including phenoxy) is 1. The molecule has 0 unspecified atom stereocenters. The average Bonchev–Trinajstić information content (AvgIpc) is 2.75. The van der Waals surface area contributed by atoms with Crippen LogP contribution in [0, 0.1) is 5.92 Å². The highest BCUT2D eigenvalue weighted by atomic mass is 16.5. The SMILES string of the molecule is CC1CCC(NC(=O)c2c(O)c3cccnc3n(CCN3C[C@@H](C)O[C@H](C)C3)c2=O)CC1. The Hall–Kier alpha value is -2.45. The number of hydrogen-bond donors (Lipinski definition) is 2. The third kappa shape index (κ3) is 4.81.